The van der Waals surface area contributed by atoms with Gasteiger partial charge in [-0.15, -0.1) is 0 Å². The predicted octanol–water partition coefficient (Wildman–Crippen LogP) is 29.4. The van der Waals surface area contributed by atoms with Gasteiger partial charge in [-0.1, -0.05) is 459 Å². The van der Waals surface area contributed by atoms with Crippen molar-refractivity contribution in [3.8, 4) is 0 Å². The molecule has 19 heteroatoms. The molecule has 0 bridgehead atoms. The molecule has 113 heavy (non-hydrogen) atoms. The van der Waals surface area contributed by atoms with E-state index >= 15 is 0 Å². The summed E-state index contributed by atoms with van der Waals surface area (Å²) in [6.07, 6.45) is 80.6. The van der Waals surface area contributed by atoms with Gasteiger partial charge in [-0.25, -0.2) is 9.13 Å². The Bertz CT molecular complexity index is 2150. The van der Waals surface area contributed by atoms with Crippen LogP contribution in [0.2, 0.25) is 0 Å². The molecule has 6 atom stereocenters. The Labute approximate surface area is 696 Å². The van der Waals surface area contributed by atoms with E-state index in [1.807, 2.05) is 0 Å². The highest BCUT2D eigenvalue weighted by Gasteiger charge is 2.31. The minimum absolute atomic E-state index is 0.108. The zero-order valence-electron chi connectivity index (χ0n) is 74.7. The molecule has 672 valence electrons. The number of aliphatic hydroxyl groups is 1. The second-order valence-electron chi connectivity index (χ2n) is 34.5. The molecular formula is C94H184O17P2. The van der Waals surface area contributed by atoms with Gasteiger partial charge in [0.15, 0.2) is 12.2 Å². The van der Waals surface area contributed by atoms with Crippen molar-refractivity contribution in [2.24, 2.45) is 11.8 Å². The number of aliphatic hydroxyl groups excluding tert-OH is 1. The zero-order chi connectivity index (χ0) is 82.7. The SMILES string of the molecule is CCCCCCCCCCCCCCCCCCCCCCCC(=O)OC[C@H](COP(=O)(O)OC[C@@H](O)COP(=O)(O)OC[C@@H](COC(=O)CCCCCCCCCCCCCCC)OC(=O)CCCCCCCCCCCCCCCCC(C)C)OC(=O)CCCCCCCCCCCCCCCCCCCCC(C)CC. The quantitative estimate of drug-likeness (QED) is 0.0222. The first-order chi connectivity index (χ1) is 54.9. The first-order valence-electron chi connectivity index (χ1n) is 48.5. The second-order valence-corrected chi connectivity index (χ2v) is 37.4. The van der Waals surface area contributed by atoms with Gasteiger partial charge in [0.1, 0.15) is 19.3 Å². The van der Waals surface area contributed by atoms with Gasteiger partial charge in [-0.3, -0.25) is 37.3 Å². The average Bonchev–Trinajstić information content (AvgIpc) is 0.887. The summed E-state index contributed by atoms with van der Waals surface area (Å²) in [7, 11) is -9.94. The van der Waals surface area contributed by atoms with E-state index in [1.54, 1.807) is 0 Å². The molecule has 0 aliphatic carbocycles. The van der Waals surface area contributed by atoms with Gasteiger partial charge < -0.3 is 33.8 Å². The summed E-state index contributed by atoms with van der Waals surface area (Å²) < 4.78 is 69.2. The maximum atomic E-state index is 13.2. The highest BCUT2D eigenvalue weighted by atomic mass is 31.2. The van der Waals surface area contributed by atoms with Crippen LogP contribution in [0.1, 0.15) is 510 Å². The number of hydrogen-bond donors (Lipinski definition) is 3. The molecule has 0 heterocycles. The van der Waals surface area contributed by atoms with Crippen molar-refractivity contribution in [2.75, 3.05) is 39.6 Å². The van der Waals surface area contributed by atoms with Crippen LogP contribution < -0.4 is 0 Å². The van der Waals surface area contributed by atoms with E-state index in [-0.39, 0.29) is 25.7 Å². The molecule has 0 aromatic carbocycles. The molecule has 0 spiro atoms. The molecule has 0 amide bonds. The third kappa shape index (κ3) is 86.3. The lowest BCUT2D eigenvalue weighted by atomic mass is 9.99. The van der Waals surface area contributed by atoms with Crippen molar-refractivity contribution < 1.29 is 80.2 Å². The second kappa shape index (κ2) is 85.1. The van der Waals surface area contributed by atoms with Crippen LogP contribution in [0.4, 0.5) is 0 Å². The molecule has 3 unspecified atom stereocenters. The number of esters is 4. The molecule has 0 aromatic rings. The fourth-order valence-corrected chi connectivity index (χ4v) is 16.4. The summed E-state index contributed by atoms with van der Waals surface area (Å²) in [5.41, 5.74) is 0. The average molecular weight is 1650 g/mol. The van der Waals surface area contributed by atoms with Gasteiger partial charge in [0.05, 0.1) is 26.4 Å². The molecule has 0 aromatic heterocycles. The monoisotopic (exact) mass is 1650 g/mol. The highest BCUT2D eigenvalue weighted by molar-refractivity contribution is 7.47. The number of hydrogen-bond acceptors (Lipinski definition) is 15. The maximum absolute atomic E-state index is 13.2. The molecule has 3 N–H and O–H groups in total. The summed E-state index contributed by atoms with van der Waals surface area (Å²) in [5, 5.41) is 10.7. The summed E-state index contributed by atoms with van der Waals surface area (Å²) in [6.45, 7) is 9.81. The molecule has 0 saturated heterocycles. The number of phosphoric ester groups is 2. The first kappa shape index (κ1) is 111. The topological polar surface area (TPSA) is 237 Å². The van der Waals surface area contributed by atoms with Crippen molar-refractivity contribution in [3.63, 3.8) is 0 Å². The minimum atomic E-state index is -4.97. The van der Waals surface area contributed by atoms with E-state index in [9.17, 15) is 43.2 Å². The number of carbonyl (C=O) groups excluding carboxylic acids is 4. The lowest BCUT2D eigenvalue weighted by Crippen LogP contribution is -2.30. The van der Waals surface area contributed by atoms with E-state index in [2.05, 4.69) is 41.5 Å². The van der Waals surface area contributed by atoms with Crippen LogP contribution in [-0.2, 0) is 65.4 Å². The summed E-state index contributed by atoms with van der Waals surface area (Å²) >= 11 is 0. The Hall–Kier alpha value is -1.94. The number of unbranched alkanes of at least 4 members (excludes halogenated alkanes) is 62. The summed E-state index contributed by atoms with van der Waals surface area (Å²) in [5.74, 6) is -0.425. The lowest BCUT2D eigenvalue weighted by Gasteiger charge is -2.21. The van der Waals surface area contributed by atoms with E-state index in [0.29, 0.717) is 25.7 Å². The third-order valence-electron chi connectivity index (χ3n) is 22.6. The Kier molecular flexibility index (Phi) is 83.6. The number of rotatable bonds is 93. The van der Waals surface area contributed by atoms with Crippen molar-refractivity contribution in [3.05, 3.63) is 0 Å². The van der Waals surface area contributed by atoms with E-state index in [1.165, 1.54) is 327 Å². The number of carbonyl (C=O) groups is 4. The van der Waals surface area contributed by atoms with Crippen LogP contribution in [0.3, 0.4) is 0 Å². The van der Waals surface area contributed by atoms with Gasteiger partial charge in [0.2, 0.25) is 0 Å². The maximum Gasteiger partial charge on any atom is 0.472 e. The molecule has 0 fully saturated rings. The van der Waals surface area contributed by atoms with Gasteiger partial charge in [-0.2, -0.15) is 0 Å². The summed E-state index contributed by atoms with van der Waals surface area (Å²) in [6, 6.07) is 0. The van der Waals surface area contributed by atoms with Crippen LogP contribution in [0, 0.1) is 11.8 Å². The van der Waals surface area contributed by atoms with E-state index in [0.717, 1.165) is 102 Å². The minimum Gasteiger partial charge on any atom is -0.462 e. The standard InChI is InChI=1S/C94H184O17P2/c1-7-10-12-14-16-18-20-22-23-24-25-26-27-31-34-41-47-53-59-65-71-77-92(97)105-83-90(110-93(98)78-72-66-60-54-48-42-35-32-29-28-30-33-40-45-51-57-63-69-75-87(6)9-3)85-109-113(102,103)107-81-88(95)80-106-112(100,101)108-84-89(82-104-91(96)76-70-64-58-52-46-38-21-19-17-15-13-11-8-2)111-94(99)79-73-67-61-55-49-43-37-36-39-44-50-56-62-68-74-86(4)5/h86-90,95H,7-85H2,1-6H3,(H,100,101)(H,102,103)/t87?,88-,89+,90+/m0/s1. The molecule has 0 saturated carbocycles. The van der Waals surface area contributed by atoms with Gasteiger partial charge >= 0.3 is 39.5 Å². The van der Waals surface area contributed by atoms with Gasteiger partial charge in [-0.05, 0) is 37.5 Å². The molecule has 0 aliphatic heterocycles. The number of phosphoric acid groups is 2. The van der Waals surface area contributed by atoms with Crippen molar-refractivity contribution in [1.82, 2.24) is 0 Å². The van der Waals surface area contributed by atoms with Crippen molar-refractivity contribution in [2.45, 2.75) is 529 Å². The smallest absolute Gasteiger partial charge is 0.462 e. The Morgan fingerprint density at radius 2 is 0.451 bits per heavy atom. The Morgan fingerprint density at radius 1 is 0.257 bits per heavy atom. The van der Waals surface area contributed by atoms with Crippen LogP contribution in [-0.4, -0.2) is 96.7 Å². The van der Waals surface area contributed by atoms with Crippen LogP contribution in [0.5, 0.6) is 0 Å². The fourth-order valence-electron chi connectivity index (χ4n) is 14.8. The highest BCUT2D eigenvalue weighted by Crippen LogP contribution is 2.45. The molecular weight excluding hydrogens is 1460 g/mol. The van der Waals surface area contributed by atoms with Gasteiger partial charge in [0, 0.05) is 25.7 Å². The molecule has 0 rings (SSSR count). The molecule has 17 nitrogen and oxygen atoms in total. The number of ether oxygens (including phenoxy) is 4. The third-order valence-corrected chi connectivity index (χ3v) is 24.5. The van der Waals surface area contributed by atoms with Crippen LogP contribution in [0.25, 0.3) is 0 Å². The van der Waals surface area contributed by atoms with Gasteiger partial charge in [0.25, 0.3) is 0 Å². The van der Waals surface area contributed by atoms with E-state index < -0.39 is 97.5 Å². The summed E-state index contributed by atoms with van der Waals surface area (Å²) in [4.78, 5) is 73.5. The van der Waals surface area contributed by atoms with Crippen molar-refractivity contribution >= 4 is 39.5 Å². The first-order valence-corrected chi connectivity index (χ1v) is 51.5. The largest absolute Gasteiger partial charge is 0.472 e. The van der Waals surface area contributed by atoms with Crippen molar-refractivity contribution in [1.29, 1.82) is 0 Å². The van der Waals surface area contributed by atoms with E-state index in [4.69, 9.17) is 37.0 Å². The van der Waals surface area contributed by atoms with Crippen LogP contribution in [0.15, 0.2) is 0 Å². The Morgan fingerprint density at radius 3 is 0.673 bits per heavy atom. The Balaban J connectivity index is 5.25. The molecule has 0 aliphatic rings. The predicted molar refractivity (Wildman–Crippen MR) is 469 cm³/mol. The fraction of sp³-hybridized carbons (Fsp3) is 0.957. The zero-order valence-corrected chi connectivity index (χ0v) is 76.5. The normalized spacial score (nSPS) is 13.9. The molecule has 0 radical (unpaired) electrons. The lowest BCUT2D eigenvalue weighted by molar-refractivity contribution is -0.161. The van der Waals surface area contributed by atoms with Crippen LogP contribution >= 0.6 is 15.6 Å².